The average Bonchev–Trinajstić information content (AvgIpc) is 2.78. The van der Waals surface area contributed by atoms with Crippen molar-refractivity contribution in [2.75, 3.05) is 6.26 Å². The zero-order valence-electron chi connectivity index (χ0n) is 19.7. The predicted molar refractivity (Wildman–Crippen MR) is 130 cm³/mol. The van der Waals surface area contributed by atoms with E-state index in [1.54, 1.807) is 42.7 Å². The fourth-order valence-electron chi connectivity index (χ4n) is 3.97. The summed E-state index contributed by atoms with van der Waals surface area (Å²) >= 11 is 7.74. The number of ether oxygens (including phenoxy) is 4. The molecule has 10 heteroatoms. The second kappa shape index (κ2) is 11.8. The Hall–Kier alpha value is -2.75. The van der Waals surface area contributed by atoms with Crippen molar-refractivity contribution in [1.29, 1.82) is 0 Å². The zero-order chi connectivity index (χ0) is 25.7. The quantitative estimate of drug-likeness (QED) is 0.423. The van der Waals surface area contributed by atoms with Crippen molar-refractivity contribution in [3.63, 3.8) is 0 Å². The molecule has 0 aliphatic carbocycles. The van der Waals surface area contributed by atoms with Gasteiger partial charge in [0.2, 0.25) is 0 Å². The first kappa shape index (κ1) is 26.8. The molecule has 5 atom stereocenters. The number of carbonyl (C=O) groups excluding carboxylic acids is 3. The van der Waals surface area contributed by atoms with E-state index in [0.717, 1.165) is 11.1 Å². The normalized spacial score (nSPS) is 23.9. The Bertz CT molecular complexity index is 1070. The van der Waals surface area contributed by atoms with Crippen molar-refractivity contribution in [2.24, 2.45) is 0 Å². The summed E-state index contributed by atoms with van der Waals surface area (Å²) in [7, 11) is 0. The second-order valence-electron chi connectivity index (χ2n) is 8.08. The highest BCUT2D eigenvalue weighted by Crippen LogP contribution is 2.41. The topological polar surface area (TPSA) is 108 Å². The number of benzene rings is 2. The zero-order valence-corrected chi connectivity index (χ0v) is 21.3. The molecule has 3 rings (SSSR count). The molecule has 0 saturated carbocycles. The van der Waals surface area contributed by atoms with E-state index in [-0.39, 0.29) is 5.75 Å². The van der Waals surface area contributed by atoms with Crippen LogP contribution < -0.4 is 0 Å². The molecule has 5 unspecified atom stereocenters. The van der Waals surface area contributed by atoms with Crippen LogP contribution in [0.3, 0.4) is 0 Å². The number of thioether (sulfide) groups is 1. The van der Waals surface area contributed by atoms with Crippen LogP contribution in [0.4, 0.5) is 0 Å². The SMILES string of the molecule is CSC1OC(c2ccc(Cl)c(Cc3ccc(O)cc3)c2)C(OC(C)=O)C(OC(C)=O)C1OC(C)=O. The number of phenolic OH excluding ortho intramolecular Hbond substituents is 1. The Morgan fingerprint density at radius 2 is 1.49 bits per heavy atom. The largest absolute Gasteiger partial charge is 0.508 e. The fraction of sp³-hybridized carbons (Fsp3) is 0.400. The molecule has 0 amide bonds. The molecule has 1 heterocycles. The van der Waals surface area contributed by atoms with Crippen LogP contribution in [0.15, 0.2) is 42.5 Å². The molecule has 2 aromatic rings. The number of aromatic hydroxyl groups is 1. The van der Waals surface area contributed by atoms with Crippen LogP contribution >= 0.6 is 23.4 Å². The van der Waals surface area contributed by atoms with Crippen LogP contribution in [-0.2, 0) is 39.8 Å². The Balaban J connectivity index is 2.03. The van der Waals surface area contributed by atoms with E-state index >= 15 is 0 Å². The van der Waals surface area contributed by atoms with Crippen molar-refractivity contribution >= 4 is 41.3 Å². The molecule has 1 fully saturated rings. The van der Waals surface area contributed by atoms with Gasteiger partial charge in [0.1, 0.15) is 17.3 Å². The monoisotopic (exact) mass is 522 g/mol. The minimum absolute atomic E-state index is 0.162. The first-order valence-corrected chi connectivity index (χ1v) is 12.5. The van der Waals surface area contributed by atoms with E-state index in [2.05, 4.69) is 0 Å². The molecule has 1 aliphatic heterocycles. The van der Waals surface area contributed by atoms with E-state index in [0.29, 0.717) is 17.0 Å². The number of rotatable bonds is 7. The lowest BCUT2D eigenvalue weighted by Gasteiger charge is -2.44. The van der Waals surface area contributed by atoms with Gasteiger partial charge in [-0.05, 0) is 47.6 Å². The highest BCUT2D eigenvalue weighted by atomic mass is 35.5. The van der Waals surface area contributed by atoms with Crippen molar-refractivity contribution in [1.82, 2.24) is 0 Å². The molecule has 0 bridgehead atoms. The van der Waals surface area contributed by atoms with Gasteiger partial charge in [-0.25, -0.2) is 0 Å². The Morgan fingerprint density at radius 1 is 0.914 bits per heavy atom. The summed E-state index contributed by atoms with van der Waals surface area (Å²) in [6.45, 7) is 3.71. The van der Waals surface area contributed by atoms with Gasteiger partial charge in [-0.3, -0.25) is 14.4 Å². The van der Waals surface area contributed by atoms with Crippen molar-refractivity contribution in [3.8, 4) is 5.75 Å². The summed E-state index contributed by atoms with van der Waals surface area (Å²) in [6.07, 6.45) is -1.74. The van der Waals surface area contributed by atoms with Crippen LogP contribution in [0.25, 0.3) is 0 Å². The Kier molecular flexibility index (Phi) is 9.04. The number of hydrogen-bond donors (Lipinski definition) is 1. The first-order chi connectivity index (χ1) is 16.6. The summed E-state index contributed by atoms with van der Waals surface area (Å²) < 4.78 is 22.8. The number of esters is 3. The van der Waals surface area contributed by atoms with Crippen LogP contribution in [0.5, 0.6) is 5.75 Å². The maximum Gasteiger partial charge on any atom is 0.303 e. The second-order valence-corrected chi connectivity index (χ2v) is 9.42. The Labute approximate surface area is 212 Å². The van der Waals surface area contributed by atoms with Gasteiger partial charge in [-0.15, -0.1) is 11.8 Å². The van der Waals surface area contributed by atoms with Crippen LogP contribution in [0.1, 0.15) is 43.6 Å². The van der Waals surface area contributed by atoms with Gasteiger partial charge in [0.25, 0.3) is 0 Å². The molecule has 8 nitrogen and oxygen atoms in total. The summed E-state index contributed by atoms with van der Waals surface area (Å²) in [5.41, 5.74) is 1.66. The fourth-order valence-corrected chi connectivity index (χ4v) is 4.87. The van der Waals surface area contributed by atoms with E-state index in [1.807, 2.05) is 6.07 Å². The van der Waals surface area contributed by atoms with E-state index in [1.165, 1.54) is 32.5 Å². The summed E-state index contributed by atoms with van der Waals surface area (Å²) in [5, 5.41) is 10.1. The molecule has 0 aromatic heterocycles. The van der Waals surface area contributed by atoms with Crippen molar-refractivity contribution < 1.29 is 38.4 Å². The predicted octanol–water partition coefficient (Wildman–Crippen LogP) is 4.19. The minimum atomic E-state index is -1.09. The summed E-state index contributed by atoms with van der Waals surface area (Å²) in [4.78, 5) is 35.8. The van der Waals surface area contributed by atoms with Crippen molar-refractivity contribution in [3.05, 3.63) is 64.2 Å². The van der Waals surface area contributed by atoms with Crippen molar-refractivity contribution in [2.45, 2.75) is 57.0 Å². The molecule has 0 spiro atoms. The molecule has 1 N–H and O–H groups in total. The van der Waals surface area contributed by atoms with Gasteiger partial charge in [-0.2, -0.15) is 0 Å². The van der Waals surface area contributed by atoms with E-state index < -0.39 is 47.8 Å². The first-order valence-electron chi connectivity index (χ1n) is 10.8. The van der Waals surface area contributed by atoms with Crippen LogP contribution in [-0.4, -0.2) is 53.0 Å². The maximum absolute atomic E-state index is 12.0. The lowest BCUT2D eigenvalue weighted by atomic mass is 9.92. The summed E-state index contributed by atoms with van der Waals surface area (Å²) in [5.74, 6) is -1.65. The van der Waals surface area contributed by atoms with Gasteiger partial charge in [-0.1, -0.05) is 35.9 Å². The molecule has 1 saturated heterocycles. The lowest BCUT2D eigenvalue weighted by molar-refractivity contribution is -0.233. The number of halogens is 1. The third kappa shape index (κ3) is 6.90. The summed E-state index contributed by atoms with van der Waals surface area (Å²) in [6, 6.07) is 12.1. The van der Waals surface area contributed by atoms with Gasteiger partial charge in [0.05, 0.1) is 0 Å². The molecular weight excluding hydrogens is 496 g/mol. The minimum Gasteiger partial charge on any atom is -0.508 e. The average molecular weight is 523 g/mol. The number of hydrogen-bond acceptors (Lipinski definition) is 9. The van der Waals surface area contributed by atoms with E-state index in [9.17, 15) is 19.5 Å². The Morgan fingerprint density at radius 3 is 2.06 bits per heavy atom. The highest BCUT2D eigenvalue weighted by molar-refractivity contribution is 7.99. The third-order valence-electron chi connectivity index (χ3n) is 5.36. The molecular formula is C25H27ClO8S. The van der Waals surface area contributed by atoms with E-state index in [4.69, 9.17) is 30.5 Å². The van der Waals surface area contributed by atoms with Crippen LogP contribution in [0.2, 0.25) is 5.02 Å². The van der Waals surface area contributed by atoms with Gasteiger partial charge in [0, 0.05) is 25.8 Å². The molecule has 188 valence electrons. The number of phenols is 1. The third-order valence-corrected chi connectivity index (χ3v) is 6.58. The van der Waals surface area contributed by atoms with Crippen LogP contribution in [0, 0.1) is 0 Å². The van der Waals surface area contributed by atoms with Gasteiger partial charge >= 0.3 is 17.9 Å². The standard InChI is InChI=1S/C25H27ClO8S/c1-13(27)31-22-21(34-25(35-4)24(33-15(3)29)23(22)32-14(2)28)17-7-10-20(26)18(12-17)11-16-5-8-19(30)9-6-16/h5-10,12,21-25,30H,11H2,1-4H3. The highest BCUT2D eigenvalue weighted by Gasteiger charge is 2.52. The smallest absolute Gasteiger partial charge is 0.303 e. The number of carbonyl (C=O) groups is 3. The van der Waals surface area contributed by atoms with Gasteiger partial charge in [0.15, 0.2) is 18.3 Å². The molecule has 35 heavy (non-hydrogen) atoms. The van der Waals surface area contributed by atoms with Gasteiger partial charge < -0.3 is 24.1 Å². The lowest BCUT2D eigenvalue weighted by Crippen LogP contribution is -2.57. The molecule has 0 radical (unpaired) electrons. The molecule has 1 aliphatic rings. The maximum atomic E-state index is 12.0. The molecule has 2 aromatic carbocycles.